The molecule has 0 aliphatic carbocycles. The molecule has 1 N–H and O–H groups in total. The van der Waals surface area contributed by atoms with Crippen LogP contribution in [0.1, 0.15) is 33.9 Å². The minimum Gasteiger partial charge on any atom is -0.371 e. The smallest absolute Gasteiger partial charge is 0.293 e. The van der Waals surface area contributed by atoms with E-state index in [1.54, 1.807) is 34.6 Å². The maximum atomic E-state index is 13.0. The number of nitrogens with one attached hydrogen (secondary N) is 1. The lowest BCUT2D eigenvalue weighted by molar-refractivity contribution is -0.384. The van der Waals surface area contributed by atoms with Gasteiger partial charge in [0, 0.05) is 55.4 Å². The van der Waals surface area contributed by atoms with Gasteiger partial charge in [-0.3, -0.25) is 24.8 Å². The van der Waals surface area contributed by atoms with Gasteiger partial charge in [-0.15, -0.1) is 11.3 Å². The van der Waals surface area contributed by atoms with Crippen LogP contribution in [0.4, 0.5) is 11.4 Å². The van der Waals surface area contributed by atoms with Crippen LogP contribution < -0.4 is 5.32 Å². The number of hydrogen-bond donors (Lipinski definition) is 1. The minimum absolute atomic E-state index is 0.116. The quantitative estimate of drug-likeness (QED) is 0.428. The first-order valence-corrected chi connectivity index (χ1v) is 11.4. The van der Waals surface area contributed by atoms with Gasteiger partial charge in [-0.2, -0.15) is 0 Å². The van der Waals surface area contributed by atoms with E-state index in [2.05, 4.69) is 26.6 Å². The molecule has 1 amide bonds. The summed E-state index contributed by atoms with van der Waals surface area (Å²) in [5, 5.41) is 16.9. The molecule has 0 spiro atoms. The van der Waals surface area contributed by atoms with E-state index in [1.165, 1.54) is 10.9 Å². The number of rotatable bonds is 7. The molecule has 166 valence electrons. The third-order valence-electron chi connectivity index (χ3n) is 5.56. The van der Waals surface area contributed by atoms with Gasteiger partial charge in [-0.25, -0.2) is 0 Å². The highest BCUT2D eigenvalue weighted by atomic mass is 32.1. The number of aromatic nitrogens is 1. The lowest BCUT2D eigenvalue weighted by Crippen LogP contribution is -2.48. The number of benzene rings is 1. The van der Waals surface area contributed by atoms with E-state index < -0.39 is 4.92 Å². The molecule has 1 fully saturated rings. The van der Waals surface area contributed by atoms with Gasteiger partial charge in [0.1, 0.15) is 5.69 Å². The number of anilines is 1. The van der Waals surface area contributed by atoms with Crippen LogP contribution >= 0.6 is 11.3 Å². The summed E-state index contributed by atoms with van der Waals surface area (Å²) in [6.45, 7) is 5.56. The second-order valence-electron chi connectivity index (χ2n) is 7.76. The minimum atomic E-state index is -0.455. The van der Waals surface area contributed by atoms with Crippen LogP contribution in [0, 0.1) is 10.1 Å². The molecule has 3 aromatic rings. The van der Waals surface area contributed by atoms with Crippen molar-refractivity contribution in [3.8, 4) is 0 Å². The van der Waals surface area contributed by atoms with Gasteiger partial charge in [0.2, 0.25) is 0 Å². The Kier molecular flexibility index (Phi) is 6.77. The Labute approximate surface area is 190 Å². The molecule has 0 saturated carbocycles. The zero-order chi connectivity index (χ0) is 22.5. The number of carbonyl (C=O) groups is 1. The molecule has 1 aliphatic rings. The fraction of sp³-hybridized carbons (Fsp3) is 0.304. The molecule has 0 bridgehead atoms. The zero-order valence-electron chi connectivity index (χ0n) is 17.8. The Morgan fingerprint density at radius 1 is 1.19 bits per heavy atom. The van der Waals surface area contributed by atoms with E-state index in [4.69, 9.17) is 0 Å². The fourth-order valence-corrected chi connectivity index (χ4v) is 4.54. The van der Waals surface area contributed by atoms with Crippen molar-refractivity contribution < 1.29 is 9.72 Å². The molecule has 3 heterocycles. The van der Waals surface area contributed by atoms with Crippen LogP contribution in [0.2, 0.25) is 0 Å². The predicted molar refractivity (Wildman–Crippen MR) is 125 cm³/mol. The van der Waals surface area contributed by atoms with Crippen molar-refractivity contribution in [2.24, 2.45) is 0 Å². The summed E-state index contributed by atoms with van der Waals surface area (Å²) in [7, 11) is 0. The Hall–Kier alpha value is -3.30. The first-order valence-electron chi connectivity index (χ1n) is 10.5. The maximum absolute atomic E-state index is 13.0. The third kappa shape index (κ3) is 5.12. The van der Waals surface area contributed by atoms with Crippen LogP contribution in [0.25, 0.3) is 0 Å². The second-order valence-corrected chi connectivity index (χ2v) is 8.79. The number of piperazine rings is 1. The summed E-state index contributed by atoms with van der Waals surface area (Å²) in [6.07, 6.45) is 1.68. The van der Waals surface area contributed by atoms with Crippen LogP contribution in [-0.2, 0) is 6.54 Å². The van der Waals surface area contributed by atoms with Crippen molar-refractivity contribution in [3.63, 3.8) is 0 Å². The number of nitrogens with zero attached hydrogens (tertiary/aromatic N) is 4. The highest BCUT2D eigenvalue weighted by molar-refractivity contribution is 7.09. The summed E-state index contributed by atoms with van der Waals surface area (Å²) in [5.74, 6) is -0.173. The number of amides is 1. The largest absolute Gasteiger partial charge is 0.371 e. The monoisotopic (exact) mass is 451 g/mol. The second kappa shape index (κ2) is 9.88. The number of hydrogen-bond acceptors (Lipinski definition) is 7. The Morgan fingerprint density at radius 2 is 2.00 bits per heavy atom. The average molecular weight is 452 g/mol. The maximum Gasteiger partial charge on any atom is 0.293 e. The molecule has 1 unspecified atom stereocenters. The normalized spacial score (nSPS) is 15.3. The van der Waals surface area contributed by atoms with Crippen LogP contribution in [0.5, 0.6) is 0 Å². The number of pyridine rings is 1. The molecule has 2 aromatic heterocycles. The van der Waals surface area contributed by atoms with Crippen LogP contribution in [-0.4, -0.2) is 51.8 Å². The highest BCUT2D eigenvalue weighted by Gasteiger charge is 2.25. The number of carbonyl (C=O) groups excluding carboxylic acids is 1. The lowest BCUT2D eigenvalue weighted by Gasteiger charge is -2.34. The fourth-order valence-electron chi connectivity index (χ4n) is 3.79. The predicted octanol–water partition coefficient (Wildman–Crippen LogP) is 4.18. The van der Waals surface area contributed by atoms with E-state index in [-0.39, 0.29) is 17.6 Å². The average Bonchev–Trinajstić information content (AvgIpc) is 3.33. The first-order chi connectivity index (χ1) is 15.5. The van der Waals surface area contributed by atoms with Crippen molar-refractivity contribution in [2.75, 3.05) is 31.5 Å². The topological polar surface area (TPSA) is 91.6 Å². The van der Waals surface area contributed by atoms with E-state index in [0.29, 0.717) is 24.3 Å². The summed E-state index contributed by atoms with van der Waals surface area (Å²) >= 11 is 1.73. The van der Waals surface area contributed by atoms with Crippen LogP contribution in [0.15, 0.2) is 60.1 Å². The van der Waals surface area contributed by atoms with Gasteiger partial charge in [0.15, 0.2) is 0 Å². The molecule has 1 aromatic carbocycles. The summed E-state index contributed by atoms with van der Waals surface area (Å²) in [5.41, 5.74) is 1.36. The van der Waals surface area contributed by atoms with E-state index in [9.17, 15) is 14.9 Å². The standard InChI is InChI=1S/C23H25N5O3S/c1-17(20-6-2-3-9-24-20)25-21-8-7-18(15-22(21)28(30)31)23(29)27-12-10-26(11-13-27)16-19-5-4-14-32-19/h2-9,14-15,17,25H,10-13,16H2,1H3. The summed E-state index contributed by atoms with van der Waals surface area (Å²) < 4.78 is 0. The molecular weight excluding hydrogens is 426 g/mol. The number of nitro benzene ring substituents is 1. The molecular formula is C23H25N5O3S. The highest BCUT2D eigenvalue weighted by Crippen LogP contribution is 2.29. The molecule has 1 saturated heterocycles. The number of thiophene rings is 1. The van der Waals surface area contributed by atoms with Crippen molar-refractivity contribution >= 4 is 28.6 Å². The van der Waals surface area contributed by atoms with Crippen molar-refractivity contribution in [2.45, 2.75) is 19.5 Å². The molecule has 0 radical (unpaired) electrons. The summed E-state index contributed by atoms with van der Waals surface area (Å²) in [6, 6.07) is 14.1. The Morgan fingerprint density at radius 3 is 2.66 bits per heavy atom. The first kappa shape index (κ1) is 21.9. The van der Waals surface area contributed by atoms with Crippen molar-refractivity contribution in [3.05, 3.63) is 86.4 Å². The Bertz CT molecular complexity index is 1070. The lowest BCUT2D eigenvalue weighted by atomic mass is 10.1. The van der Waals surface area contributed by atoms with E-state index >= 15 is 0 Å². The van der Waals surface area contributed by atoms with Crippen molar-refractivity contribution in [1.29, 1.82) is 0 Å². The molecule has 9 heteroatoms. The van der Waals surface area contributed by atoms with Crippen molar-refractivity contribution in [1.82, 2.24) is 14.8 Å². The molecule has 1 atom stereocenters. The number of nitro groups is 1. The summed E-state index contributed by atoms with van der Waals surface area (Å²) in [4.78, 5) is 34.0. The zero-order valence-corrected chi connectivity index (χ0v) is 18.6. The van der Waals surface area contributed by atoms with Gasteiger partial charge in [-0.1, -0.05) is 12.1 Å². The van der Waals surface area contributed by atoms with Crippen LogP contribution in [0.3, 0.4) is 0 Å². The molecule has 32 heavy (non-hydrogen) atoms. The SMILES string of the molecule is CC(Nc1ccc(C(=O)N2CCN(Cc3cccs3)CC2)cc1[N+](=O)[O-])c1ccccn1. The van der Waals surface area contributed by atoms with Gasteiger partial charge in [0.05, 0.1) is 16.7 Å². The van der Waals surface area contributed by atoms with E-state index in [0.717, 1.165) is 25.3 Å². The third-order valence-corrected chi connectivity index (χ3v) is 6.43. The Balaban J connectivity index is 1.43. The van der Waals surface area contributed by atoms with Gasteiger partial charge in [0.25, 0.3) is 11.6 Å². The van der Waals surface area contributed by atoms with Gasteiger partial charge in [-0.05, 0) is 42.6 Å². The molecule has 1 aliphatic heterocycles. The molecule has 8 nitrogen and oxygen atoms in total. The van der Waals surface area contributed by atoms with Gasteiger partial charge < -0.3 is 10.2 Å². The van der Waals surface area contributed by atoms with E-state index in [1.807, 2.05) is 31.2 Å². The molecule has 4 rings (SSSR count). The van der Waals surface area contributed by atoms with Gasteiger partial charge >= 0.3 is 0 Å².